The van der Waals surface area contributed by atoms with Gasteiger partial charge in [-0.2, -0.15) is 0 Å². The van der Waals surface area contributed by atoms with Crippen molar-refractivity contribution < 1.29 is 24.0 Å². The van der Waals surface area contributed by atoms with Crippen LogP contribution in [0.25, 0.3) is 0 Å². The van der Waals surface area contributed by atoms with E-state index in [2.05, 4.69) is 0 Å². The molecule has 0 spiro atoms. The summed E-state index contributed by atoms with van der Waals surface area (Å²) in [6.45, 7) is 1.54. The first-order valence-corrected chi connectivity index (χ1v) is 0.750. The molecule has 0 aliphatic rings. The maximum Gasteiger partial charge on any atom is 2.00 e. The Hall–Kier alpha value is 1.55. The molecule has 0 saturated carbocycles. The topological polar surface area (TPSA) is 0 Å². The summed E-state index contributed by atoms with van der Waals surface area (Å²) in [6, 6.07) is 0. The smallest absolute Gasteiger partial charge is 1.00 e. The molecule has 0 saturated heterocycles. The van der Waals surface area contributed by atoms with Gasteiger partial charge in [0, 0.05) is 0 Å². The molecule has 0 fully saturated rings. The molecule has 2 heteroatoms. The first-order chi connectivity index (χ1) is 1.41. The van der Waals surface area contributed by atoms with E-state index in [9.17, 15) is 0 Å². The van der Waals surface area contributed by atoms with E-state index in [4.69, 9.17) is 6.42 Å². The third-order valence-electron chi connectivity index (χ3n) is 0. The third-order valence-corrected chi connectivity index (χ3v) is 0. The van der Waals surface area contributed by atoms with Gasteiger partial charge in [-0.25, -0.2) is 0 Å². The van der Waals surface area contributed by atoms with Gasteiger partial charge in [0.1, 0.15) is 0 Å². The number of rotatable bonds is 0. The molecule has 0 rings (SSSR count). The van der Waals surface area contributed by atoms with E-state index in [1.54, 1.807) is 6.92 Å². The van der Waals surface area contributed by atoms with Gasteiger partial charge in [0.05, 0.1) is 0 Å². The van der Waals surface area contributed by atoms with E-state index < -0.39 is 0 Å². The van der Waals surface area contributed by atoms with Gasteiger partial charge in [0.15, 0.2) is 0 Å². The fraction of sp³-hybridized carbons (Fsp3) is 0.333. The van der Waals surface area contributed by atoms with Crippen molar-refractivity contribution in [3.05, 3.63) is 6.42 Å². The first kappa shape index (κ1) is 16.0. The van der Waals surface area contributed by atoms with Crippen LogP contribution in [0.5, 0.6) is 0 Å². The molecule has 0 aliphatic heterocycles. The van der Waals surface area contributed by atoms with Gasteiger partial charge >= 0.3 is 37.7 Å². The zero-order chi connectivity index (χ0) is 2.71. The molecule has 24 valence electrons. The molecule has 0 unspecified atom stereocenters. The Bertz CT molecular complexity index is 28.4. The van der Waals surface area contributed by atoms with Crippen LogP contribution in [0, 0.1) is 12.3 Å². The molecule has 0 radical (unpaired) electrons. The van der Waals surface area contributed by atoms with Crippen molar-refractivity contribution in [1.29, 1.82) is 0 Å². The number of hydrogen-bond donors (Lipinski definition) is 0. The van der Waals surface area contributed by atoms with Crippen LogP contribution in [0.1, 0.15) is 6.92 Å². The Morgan fingerprint density at radius 2 is 1.60 bits per heavy atom. The molecular formula is C3H3CaI. The molecule has 0 aromatic rings. The van der Waals surface area contributed by atoms with Crippen LogP contribution in [0.15, 0.2) is 0 Å². The Morgan fingerprint density at radius 3 is 1.60 bits per heavy atom. The van der Waals surface area contributed by atoms with E-state index >= 15 is 0 Å². The Balaban J connectivity index is -0.0000000200. The second-order valence-corrected chi connectivity index (χ2v) is 0.250. The third kappa shape index (κ3) is 29.1. The molecular weight excluding hydrogens is 203 g/mol. The summed E-state index contributed by atoms with van der Waals surface area (Å²) in [4.78, 5) is 0. The van der Waals surface area contributed by atoms with Gasteiger partial charge < -0.3 is 36.3 Å². The van der Waals surface area contributed by atoms with Crippen molar-refractivity contribution in [3.63, 3.8) is 0 Å². The van der Waals surface area contributed by atoms with Crippen LogP contribution in [-0.4, -0.2) is 37.7 Å². The number of hydrogen-bond acceptors (Lipinski definition) is 0. The summed E-state index contributed by atoms with van der Waals surface area (Å²) < 4.78 is 0. The van der Waals surface area contributed by atoms with Crippen molar-refractivity contribution in [1.82, 2.24) is 0 Å². The van der Waals surface area contributed by atoms with Crippen LogP contribution >= 0.6 is 0 Å². The van der Waals surface area contributed by atoms with Crippen LogP contribution in [0.2, 0.25) is 0 Å². The van der Waals surface area contributed by atoms with E-state index in [-0.39, 0.29) is 61.7 Å². The standard InChI is InChI=1S/C3H3.Ca.HI/c1-3-2;;/h1H3;;1H/q-1;+2;/p-1. The van der Waals surface area contributed by atoms with Crippen LogP contribution in [-0.2, 0) is 0 Å². The molecule has 0 N–H and O–H groups in total. The molecule has 0 atom stereocenters. The minimum Gasteiger partial charge on any atom is -1.00 e. The van der Waals surface area contributed by atoms with Gasteiger partial charge in [-0.05, 0) is 6.92 Å². The average molecular weight is 206 g/mol. The van der Waals surface area contributed by atoms with E-state index in [0.717, 1.165) is 0 Å². The predicted molar refractivity (Wildman–Crippen MR) is 18.6 cm³/mol. The minimum atomic E-state index is 0. The number of halogens is 1. The van der Waals surface area contributed by atoms with E-state index in [0.29, 0.717) is 0 Å². The Labute approximate surface area is 79.7 Å². The fourth-order valence-electron chi connectivity index (χ4n) is 0. The molecule has 0 aliphatic carbocycles. The predicted octanol–water partition coefficient (Wildman–Crippen LogP) is -2.78. The summed E-state index contributed by atoms with van der Waals surface area (Å²) in [7, 11) is 0. The van der Waals surface area contributed by atoms with Crippen molar-refractivity contribution in [2.45, 2.75) is 6.92 Å². The van der Waals surface area contributed by atoms with Crippen LogP contribution < -0.4 is 24.0 Å². The monoisotopic (exact) mass is 206 g/mol. The summed E-state index contributed by atoms with van der Waals surface area (Å²) in [5.74, 6) is 2.00. The van der Waals surface area contributed by atoms with Gasteiger partial charge in [-0.15, -0.1) is 0 Å². The van der Waals surface area contributed by atoms with Gasteiger partial charge in [-0.1, -0.05) is 0 Å². The second-order valence-electron chi connectivity index (χ2n) is 0.250. The zero-order valence-electron chi connectivity index (χ0n) is 3.09. The molecule has 0 aromatic carbocycles. The summed E-state index contributed by atoms with van der Waals surface area (Å²) in [5.41, 5.74) is 0. The normalized spacial score (nSPS) is 1.60. The molecule has 0 bridgehead atoms. The molecule has 0 nitrogen and oxygen atoms in total. The van der Waals surface area contributed by atoms with Crippen LogP contribution in [0.3, 0.4) is 0 Å². The zero-order valence-corrected chi connectivity index (χ0v) is 7.45. The van der Waals surface area contributed by atoms with Crippen molar-refractivity contribution in [2.75, 3.05) is 0 Å². The van der Waals surface area contributed by atoms with Gasteiger partial charge in [0.25, 0.3) is 0 Å². The quantitative estimate of drug-likeness (QED) is 0.174. The second kappa shape index (κ2) is 17.7. The molecule has 0 amide bonds. The summed E-state index contributed by atoms with van der Waals surface area (Å²) in [6.07, 6.45) is 5.96. The summed E-state index contributed by atoms with van der Waals surface area (Å²) in [5, 5.41) is 0. The van der Waals surface area contributed by atoms with Crippen LogP contribution in [0.4, 0.5) is 0 Å². The largest absolute Gasteiger partial charge is 2.00 e. The van der Waals surface area contributed by atoms with Gasteiger partial charge in [-0.3, -0.25) is 0 Å². The molecule has 0 heterocycles. The van der Waals surface area contributed by atoms with E-state index in [1.807, 2.05) is 5.92 Å². The molecule has 0 aromatic heterocycles. The molecule has 5 heavy (non-hydrogen) atoms. The SMILES string of the molecule is [C-]#CC.[Ca+2].[I-]. The summed E-state index contributed by atoms with van der Waals surface area (Å²) >= 11 is 0. The average Bonchev–Trinajstić information content (AvgIpc) is 0.918. The Kier molecular flexibility index (Phi) is 56.6. The maximum atomic E-state index is 5.96. The first-order valence-electron chi connectivity index (χ1n) is 0.750. The van der Waals surface area contributed by atoms with Crippen molar-refractivity contribution in [3.8, 4) is 5.92 Å². The fourth-order valence-corrected chi connectivity index (χ4v) is 0. The van der Waals surface area contributed by atoms with Gasteiger partial charge in [0.2, 0.25) is 0 Å². The van der Waals surface area contributed by atoms with E-state index in [1.165, 1.54) is 0 Å². The van der Waals surface area contributed by atoms with Crippen molar-refractivity contribution >= 4 is 37.7 Å². The minimum absolute atomic E-state index is 0. The van der Waals surface area contributed by atoms with Crippen molar-refractivity contribution in [2.24, 2.45) is 0 Å². The maximum absolute atomic E-state index is 5.96. The Morgan fingerprint density at radius 1 is 1.60 bits per heavy atom.